The summed E-state index contributed by atoms with van der Waals surface area (Å²) in [6, 6.07) is 6.65. The molecule has 84 valence electrons. The number of phenols is 1. The van der Waals surface area contributed by atoms with Crippen molar-refractivity contribution in [2.24, 2.45) is 5.73 Å². The van der Waals surface area contributed by atoms with Crippen LogP contribution in [0.5, 0.6) is 16.7 Å². The van der Waals surface area contributed by atoms with Crippen LogP contribution in [0.15, 0.2) is 24.3 Å². The van der Waals surface area contributed by atoms with E-state index in [1.807, 2.05) is 0 Å². The van der Waals surface area contributed by atoms with E-state index in [2.05, 4.69) is 4.98 Å². The summed E-state index contributed by atoms with van der Waals surface area (Å²) in [5.74, 6) is 0.402. The van der Waals surface area contributed by atoms with Crippen molar-refractivity contribution in [1.82, 2.24) is 4.98 Å². The van der Waals surface area contributed by atoms with E-state index in [1.54, 1.807) is 18.2 Å². The first-order chi connectivity index (χ1) is 7.70. The number of benzene rings is 1. The number of hydrogen-bond donors (Lipinski definition) is 2. The summed E-state index contributed by atoms with van der Waals surface area (Å²) in [5, 5.41) is 10.2. The summed E-state index contributed by atoms with van der Waals surface area (Å²) in [7, 11) is 0. The first kappa shape index (κ1) is 11.2. The number of halogens is 1. The van der Waals surface area contributed by atoms with E-state index >= 15 is 0 Å². The van der Waals surface area contributed by atoms with Gasteiger partial charge in [0.05, 0.1) is 4.88 Å². The van der Waals surface area contributed by atoms with Crippen LogP contribution in [-0.2, 0) is 6.54 Å². The molecule has 0 atom stereocenters. The molecule has 0 fully saturated rings. The van der Waals surface area contributed by atoms with Crippen LogP contribution in [0, 0.1) is 0 Å². The maximum Gasteiger partial charge on any atom is 0.280 e. The second kappa shape index (κ2) is 4.69. The molecule has 2 aromatic rings. The van der Waals surface area contributed by atoms with Gasteiger partial charge in [-0.05, 0) is 12.1 Å². The smallest absolute Gasteiger partial charge is 0.280 e. The molecule has 0 aliphatic heterocycles. The molecule has 0 amide bonds. The Morgan fingerprint density at radius 2 is 2.19 bits per heavy atom. The number of thiazole rings is 1. The Hall–Kier alpha value is -1.30. The zero-order valence-corrected chi connectivity index (χ0v) is 9.76. The lowest BCUT2D eigenvalue weighted by Gasteiger charge is -2.02. The van der Waals surface area contributed by atoms with Gasteiger partial charge in [0.15, 0.2) is 11.5 Å². The van der Waals surface area contributed by atoms with E-state index in [-0.39, 0.29) is 5.75 Å². The number of nitrogens with two attached hydrogens (primary N) is 1. The largest absolute Gasteiger partial charge is 0.504 e. The van der Waals surface area contributed by atoms with E-state index in [4.69, 9.17) is 22.1 Å². The third kappa shape index (κ3) is 2.27. The number of nitrogens with zero attached hydrogens (tertiary/aromatic N) is 1. The number of ether oxygens (including phenoxy) is 1. The lowest BCUT2D eigenvalue weighted by Crippen LogP contribution is -1.92. The molecular formula is C10H9ClN2O2S. The molecule has 0 saturated carbocycles. The van der Waals surface area contributed by atoms with Crippen molar-refractivity contribution in [3.63, 3.8) is 0 Å². The Morgan fingerprint density at radius 1 is 1.44 bits per heavy atom. The Kier molecular flexibility index (Phi) is 3.28. The van der Waals surface area contributed by atoms with E-state index in [0.29, 0.717) is 22.6 Å². The minimum absolute atomic E-state index is 0.0584. The maximum atomic E-state index is 9.50. The lowest BCUT2D eigenvalue weighted by atomic mass is 10.3. The molecule has 3 N–H and O–H groups in total. The van der Waals surface area contributed by atoms with E-state index in [9.17, 15) is 5.11 Å². The van der Waals surface area contributed by atoms with Gasteiger partial charge in [-0.1, -0.05) is 35.1 Å². The van der Waals surface area contributed by atoms with Crippen molar-refractivity contribution in [2.75, 3.05) is 0 Å². The number of rotatable bonds is 3. The third-order valence-corrected chi connectivity index (χ3v) is 3.26. The summed E-state index contributed by atoms with van der Waals surface area (Å²) in [5.41, 5.74) is 5.47. The molecule has 2 rings (SSSR count). The molecule has 6 heteroatoms. The number of para-hydroxylation sites is 2. The molecule has 1 aromatic heterocycles. The van der Waals surface area contributed by atoms with E-state index < -0.39 is 0 Å². The van der Waals surface area contributed by atoms with Crippen LogP contribution in [0.1, 0.15) is 4.88 Å². The molecule has 0 radical (unpaired) electrons. The van der Waals surface area contributed by atoms with Crippen LogP contribution in [0.3, 0.4) is 0 Å². The quantitative estimate of drug-likeness (QED) is 0.886. The fourth-order valence-electron chi connectivity index (χ4n) is 1.12. The van der Waals surface area contributed by atoms with Crippen LogP contribution in [-0.4, -0.2) is 10.1 Å². The molecule has 0 unspecified atom stereocenters. The summed E-state index contributed by atoms with van der Waals surface area (Å²) in [6.07, 6.45) is 0. The van der Waals surface area contributed by atoms with Gasteiger partial charge in [0.25, 0.3) is 5.19 Å². The third-order valence-electron chi connectivity index (χ3n) is 1.88. The minimum Gasteiger partial charge on any atom is -0.504 e. The fraction of sp³-hybridized carbons (Fsp3) is 0.100. The van der Waals surface area contributed by atoms with Crippen molar-refractivity contribution < 1.29 is 9.84 Å². The first-order valence-corrected chi connectivity index (χ1v) is 5.71. The molecule has 1 aromatic carbocycles. The predicted octanol–water partition coefficient (Wildman–Crippen LogP) is 2.75. The predicted molar refractivity (Wildman–Crippen MR) is 63.2 cm³/mol. The summed E-state index contributed by atoms with van der Waals surface area (Å²) < 4.78 is 5.39. The van der Waals surface area contributed by atoms with Crippen LogP contribution < -0.4 is 10.5 Å². The molecule has 4 nitrogen and oxygen atoms in total. The Labute approximate surface area is 101 Å². The lowest BCUT2D eigenvalue weighted by molar-refractivity contribution is 0.410. The van der Waals surface area contributed by atoms with Crippen molar-refractivity contribution in [1.29, 1.82) is 0 Å². The number of aromatic hydroxyl groups is 1. The van der Waals surface area contributed by atoms with Crippen molar-refractivity contribution in [3.05, 3.63) is 34.3 Å². The van der Waals surface area contributed by atoms with Crippen LogP contribution in [0.4, 0.5) is 0 Å². The van der Waals surface area contributed by atoms with Crippen LogP contribution in [0.25, 0.3) is 0 Å². The summed E-state index contributed by atoms with van der Waals surface area (Å²) in [6.45, 7) is 0.320. The van der Waals surface area contributed by atoms with Gasteiger partial charge in [-0.3, -0.25) is 0 Å². The average molecular weight is 257 g/mol. The highest BCUT2D eigenvalue weighted by molar-refractivity contribution is 7.14. The zero-order chi connectivity index (χ0) is 11.5. The fourth-order valence-corrected chi connectivity index (χ4v) is 2.13. The molecular weight excluding hydrogens is 248 g/mol. The molecule has 0 aliphatic carbocycles. The normalized spacial score (nSPS) is 10.4. The standard InChI is InChI=1S/C10H9ClN2O2S/c11-9-8(5-12)16-10(13-9)15-7-4-2-1-3-6(7)14/h1-4,14H,5,12H2. The second-order valence-electron chi connectivity index (χ2n) is 2.97. The van der Waals surface area contributed by atoms with Gasteiger partial charge in [0.1, 0.15) is 5.15 Å². The van der Waals surface area contributed by atoms with Gasteiger partial charge in [-0.2, -0.15) is 4.98 Å². The Morgan fingerprint density at radius 3 is 2.81 bits per heavy atom. The molecule has 0 saturated heterocycles. The number of aromatic nitrogens is 1. The van der Waals surface area contributed by atoms with Crippen LogP contribution >= 0.6 is 22.9 Å². The second-order valence-corrected chi connectivity index (χ2v) is 4.37. The molecule has 0 aliphatic rings. The molecule has 1 heterocycles. The first-order valence-electron chi connectivity index (χ1n) is 4.52. The highest BCUT2D eigenvalue weighted by Gasteiger charge is 2.11. The molecule has 0 bridgehead atoms. The zero-order valence-electron chi connectivity index (χ0n) is 8.18. The summed E-state index contributed by atoms with van der Waals surface area (Å²) >= 11 is 7.09. The Bertz CT molecular complexity index is 501. The topological polar surface area (TPSA) is 68.4 Å². The van der Waals surface area contributed by atoms with Crippen molar-refractivity contribution in [3.8, 4) is 16.7 Å². The molecule has 16 heavy (non-hydrogen) atoms. The van der Waals surface area contributed by atoms with E-state index in [1.165, 1.54) is 17.4 Å². The highest BCUT2D eigenvalue weighted by Crippen LogP contribution is 2.35. The maximum absolute atomic E-state index is 9.50. The van der Waals surface area contributed by atoms with Crippen molar-refractivity contribution >= 4 is 22.9 Å². The van der Waals surface area contributed by atoms with E-state index in [0.717, 1.165) is 4.88 Å². The highest BCUT2D eigenvalue weighted by atomic mass is 35.5. The number of hydrogen-bond acceptors (Lipinski definition) is 5. The van der Waals surface area contributed by atoms with Gasteiger partial charge < -0.3 is 15.6 Å². The van der Waals surface area contributed by atoms with Gasteiger partial charge >= 0.3 is 0 Å². The Balaban J connectivity index is 2.24. The summed E-state index contributed by atoms with van der Waals surface area (Å²) in [4.78, 5) is 4.75. The van der Waals surface area contributed by atoms with Gasteiger partial charge in [-0.25, -0.2) is 0 Å². The van der Waals surface area contributed by atoms with Crippen molar-refractivity contribution in [2.45, 2.75) is 6.54 Å². The minimum atomic E-state index is 0.0584. The van der Waals surface area contributed by atoms with Gasteiger partial charge in [0.2, 0.25) is 0 Å². The van der Waals surface area contributed by atoms with Gasteiger partial charge in [0, 0.05) is 6.54 Å². The van der Waals surface area contributed by atoms with Crippen LogP contribution in [0.2, 0.25) is 5.15 Å². The molecule has 0 spiro atoms. The monoisotopic (exact) mass is 256 g/mol. The number of phenolic OH excluding ortho intramolecular Hbond substituents is 1. The van der Waals surface area contributed by atoms with Gasteiger partial charge in [-0.15, -0.1) is 0 Å². The average Bonchev–Trinajstić information content (AvgIpc) is 2.62. The SMILES string of the molecule is NCc1sc(Oc2ccccc2O)nc1Cl.